The van der Waals surface area contributed by atoms with Gasteiger partial charge in [-0.2, -0.15) is 11.3 Å². The maximum absolute atomic E-state index is 11.3. The van der Waals surface area contributed by atoms with Gasteiger partial charge in [0.25, 0.3) is 0 Å². The highest BCUT2D eigenvalue weighted by atomic mass is 32.1. The Hall–Kier alpha value is -0.870. The number of thiophene rings is 1. The van der Waals surface area contributed by atoms with Gasteiger partial charge in [-0.05, 0) is 11.4 Å². The topological polar surface area (TPSA) is 41.1 Å². The molecule has 1 amide bonds. The van der Waals surface area contributed by atoms with Gasteiger partial charge < -0.3 is 10.6 Å². The van der Waals surface area contributed by atoms with Gasteiger partial charge in [0.2, 0.25) is 5.91 Å². The van der Waals surface area contributed by atoms with Crippen molar-refractivity contribution in [1.29, 1.82) is 0 Å². The fraction of sp³-hybridized carbons (Fsp3) is 0.375. The van der Waals surface area contributed by atoms with Crippen molar-refractivity contribution in [3.05, 3.63) is 16.8 Å². The third-order valence-electron chi connectivity index (χ3n) is 1.94. The van der Waals surface area contributed by atoms with Gasteiger partial charge in [0.1, 0.15) is 0 Å². The van der Waals surface area contributed by atoms with Crippen LogP contribution < -0.4 is 10.6 Å². The molecule has 0 unspecified atom stereocenters. The Morgan fingerprint density at radius 1 is 1.67 bits per heavy atom. The zero-order valence-electron chi connectivity index (χ0n) is 6.54. The molecule has 0 bridgehead atoms. The van der Waals surface area contributed by atoms with Crippen LogP contribution in [0.5, 0.6) is 0 Å². The largest absolute Gasteiger partial charge is 0.325 e. The average Bonchev–Trinajstić information content (AvgIpc) is 2.34. The van der Waals surface area contributed by atoms with E-state index in [1.54, 1.807) is 11.3 Å². The lowest BCUT2D eigenvalue weighted by molar-refractivity contribution is -0.121. The Kier molecular flexibility index (Phi) is 2.10. The van der Waals surface area contributed by atoms with Gasteiger partial charge in [0, 0.05) is 18.5 Å². The number of rotatable bonds is 2. The van der Waals surface area contributed by atoms with Crippen LogP contribution in [0.15, 0.2) is 16.8 Å². The average molecular weight is 182 g/mol. The number of hydrogen-bond acceptors (Lipinski definition) is 3. The predicted octanol–water partition coefficient (Wildman–Crippen LogP) is 0.906. The van der Waals surface area contributed by atoms with Crippen molar-refractivity contribution in [3.8, 4) is 0 Å². The minimum Gasteiger partial charge on any atom is -0.325 e. The number of carbonyl (C=O) groups is 1. The van der Waals surface area contributed by atoms with Gasteiger partial charge in [-0.1, -0.05) is 0 Å². The van der Waals surface area contributed by atoms with Crippen molar-refractivity contribution in [2.24, 2.45) is 5.92 Å². The summed E-state index contributed by atoms with van der Waals surface area (Å²) in [6.45, 7) is 1.63. The van der Waals surface area contributed by atoms with Crippen LogP contribution in [0.3, 0.4) is 0 Å². The molecule has 0 radical (unpaired) electrons. The Morgan fingerprint density at radius 3 is 3.00 bits per heavy atom. The monoisotopic (exact) mass is 182 g/mol. The normalized spacial score (nSPS) is 17.0. The van der Waals surface area contributed by atoms with Crippen LogP contribution >= 0.6 is 11.3 Å². The van der Waals surface area contributed by atoms with Crippen LogP contribution in [0.2, 0.25) is 0 Å². The molecule has 12 heavy (non-hydrogen) atoms. The molecule has 3 nitrogen and oxygen atoms in total. The molecule has 2 rings (SSSR count). The molecule has 0 spiro atoms. The molecule has 1 fully saturated rings. The van der Waals surface area contributed by atoms with Crippen LogP contribution in [0.25, 0.3) is 0 Å². The molecule has 0 saturated carbocycles. The summed E-state index contributed by atoms with van der Waals surface area (Å²) in [5.41, 5.74) is 0.914. The Bertz CT molecular complexity index is 267. The molecule has 1 aliphatic rings. The van der Waals surface area contributed by atoms with Gasteiger partial charge in [-0.15, -0.1) is 0 Å². The van der Waals surface area contributed by atoms with E-state index in [0.717, 1.165) is 18.8 Å². The molecule has 0 aromatic carbocycles. The highest BCUT2D eigenvalue weighted by Crippen LogP contribution is 2.14. The van der Waals surface area contributed by atoms with E-state index in [-0.39, 0.29) is 11.8 Å². The lowest BCUT2D eigenvalue weighted by Crippen LogP contribution is -2.48. The molecule has 1 aliphatic heterocycles. The third kappa shape index (κ3) is 1.49. The van der Waals surface area contributed by atoms with E-state index < -0.39 is 0 Å². The smallest absolute Gasteiger partial charge is 0.230 e. The number of amides is 1. The molecule has 1 saturated heterocycles. The summed E-state index contributed by atoms with van der Waals surface area (Å²) < 4.78 is 0. The highest BCUT2D eigenvalue weighted by molar-refractivity contribution is 7.08. The maximum atomic E-state index is 11.3. The standard InChI is InChI=1S/C8H10N2OS/c11-8(6-3-9-4-6)10-7-1-2-12-5-7/h1-2,5-6,9H,3-4H2,(H,10,11). The number of anilines is 1. The van der Waals surface area contributed by atoms with Gasteiger partial charge in [0.15, 0.2) is 0 Å². The zero-order chi connectivity index (χ0) is 8.39. The summed E-state index contributed by atoms with van der Waals surface area (Å²) in [5, 5.41) is 9.81. The Balaban J connectivity index is 1.90. The van der Waals surface area contributed by atoms with Crippen molar-refractivity contribution in [2.75, 3.05) is 18.4 Å². The van der Waals surface area contributed by atoms with E-state index in [1.165, 1.54) is 0 Å². The van der Waals surface area contributed by atoms with Crippen LogP contribution in [0.1, 0.15) is 0 Å². The summed E-state index contributed by atoms with van der Waals surface area (Å²) in [6, 6.07) is 1.91. The van der Waals surface area contributed by atoms with Crippen LogP contribution in [0.4, 0.5) is 5.69 Å². The Labute approximate surface area is 74.8 Å². The van der Waals surface area contributed by atoms with Crippen LogP contribution in [0, 0.1) is 5.92 Å². The fourth-order valence-electron chi connectivity index (χ4n) is 1.05. The van der Waals surface area contributed by atoms with Gasteiger partial charge in [-0.25, -0.2) is 0 Å². The van der Waals surface area contributed by atoms with Crippen molar-refractivity contribution in [1.82, 2.24) is 5.32 Å². The van der Waals surface area contributed by atoms with E-state index in [1.807, 2.05) is 16.8 Å². The van der Waals surface area contributed by atoms with Crippen LogP contribution in [-0.4, -0.2) is 19.0 Å². The lowest BCUT2D eigenvalue weighted by Gasteiger charge is -2.25. The fourth-order valence-corrected chi connectivity index (χ4v) is 1.64. The van der Waals surface area contributed by atoms with E-state index in [0.29, 0.717) is 0 Å². The minimum absolute atomic E-state index is 0.132. The third-order valence-corrected chi connectivity index (χ3v) is 2.62. The first-order valence-electron chi connectivity index (χ1n) is 3.90. The predicted molar refractivity (Wildman–Crippen MR) is 49.3 cm³/mol. The van der Waals surface area contributed by atoms with E-state index in [4.69, 9.17) is 0 Å². The van der Waals surface area contributed by atoms with Crippen LogP contribution in [-0.2, 0) is 4.79 Å². The molecule has 0 atom stereocenters. The molecule has 64 valence electrons. The van der Waals surface area contributed by atoms with E-state index in [9.17, 15) is 4.79 Å². The summed E-state index contributed by atoms with van der Waals surface area (Å²) in [5.74, 6) is 0.303. The molecule has 2 N–H and O–H groups in total. The first kappa shape index (κ1) is 7.76. The SMILES string of the molecule is O=C(Nc1ccsc1)C1CNC1. The summed E-state index contributed by atoms with van der Waals surface area (Å²) >= 11 is 1.59. The molecule has 1 aromatic heterocycles. The lowest BCUT2D eigenvalue weighted by atomic mass is 10.0. The number of carbonyl (C=O) groups excluding carboxylic acids is 1. The quantitative estimate of drug-likeness (QED) is 0.713. The molecule has 0 aliphatic carbocycles. The first-order chi connectivity index (χ1) is 5.86. The van der Waals surface area contributed by atoms with Crippen molar-refractivity contribution >= 4 is 22.9 Å². The second-order valence-corrected chi connectivity index (χ2v) is 3.64. The second kappa shape index (κ2) is 3.25. The Morgan fingerprint density at radius 2 is 2.50 bits per heavy atom. The van der Waals surface area contributed by atoms with Crippen molar-refractivity contribution < 1.29 is 4.79 Å². The van der Waals surface area contributed by atoms with Crippen molar-refractivity contribution in [2.45, 2.75) is 0 Å². The number of hydrogen-bond donors (Lipinski definition) is 2. The molecule has 4 heteroatoms. The minimum atomic E-state index is 0.132. The maximum Gasteiger partial charge on any atom is 0.230 e. The van der Waals surface area contributed by atoms with Gasteiger partial charge in [0.05, 0.1) is 11.6 Å². The van der Waals surface area contributed by atoms with E-state index >= 15 is 0 Å². The summed E-state index contributed by atoms with van der Waals surface area (Å²) in [4.78, 5) is 11.3. The van der Waals surface area contributed by atoms with Gasteiger partial charge in [-0.3, -0.25) is 4.79 Å². The summed E-state index contributed by atoms with van der Waals surface area (Å²) in [7, 11) is 0. The highest BCUT2D eigenvalue weighted by Gasteiger charge is 2.24. The zero-order valence-corrected chi connectivity index (χ0v) is 7.36. The second-order valence-electron chi connectivity index (χ2n) is 2.86. The van der Waals surface area contributed by atoms with Gasteiger partial charge >= 0.3 is 0 Å². The molecular formula is C8H10N2OS. The summed E-state index contributed by atoms with van der Waals surface area (Å²) in [6.07, 6.45) is 0. The molecular weight excluding hydrogens is 172 g/mol. The molecule has 2 heterocycles. The molecule has 1 aromatic rings. The van der Waals surface area contributed by atoms with E-state index in [2.05, 4.69) is 10.6 Å². The number of nitrogens with one attached hydrogen (secondary N) is 2. The van der Waals surface area contributed by atoms with Crippen molar-refractivity contribution in [3.63, 3.8) is 0 Å². The first-order valence-corrected chi connectivity index (χ1v) is 4.84.